The highest BCUT2D eigenvalue weighted by molar-refractivity contribution is 5.97. The van der Waals surface area contributed by atoms with Gasteiger partial charge in [0.15, 0.2) is 0 Å². The van der Waals surface area contributed by atoms with E-state index < -0.39 is 0 Å². The molecule has 0 saturated carbocycles. The van der Waals surface area contributed by atoms with Crippen LogP contribution in [0.3, 0.4) is 0 Å². The normalized spacial score (nSPS) is 15.3. The minimum atomic E-state index is -0.370. The first-order chi connectivity index (χ1) is 9.26. The number of ether oxygens (including phenoxy) is 1. The number of aliphatic hydroxyl groups excluding tert-OH is 1. The molecule has 1 amide bonds. The van der Waals surface area contributed by atoms with Crippen molar-refractivity contribution in [2.75, 3.05) is 32.2 Å². The predicted octanol–water partition coefficient (Wildman–Crippen LogP) is 0.782. The van der Waals surface area contributed by atoms with Crippen molar-refractivity contribution >= 4 is 11.6 Å². The molecule has 104 valence electrons. The number of fused-ring (bicyclic) bond motifs is 1. The summed E-state index contributed by atoms with van der Waals surface area (Å²) in [6.07, 6.45) is 1.93. The van der Waals surface area contributed by atoms with Gasteiger partial charge in [0.2, 0.25) is 0 Å². The molecule has 1 unspecified atom stereocenters. The fraction of sp³-hybridized carbons (Fsp3) is 0.500. The summed E-state index contributed by atoms with van der Waals surface area (Å²) in [5, 5.41) is 15.3. The first-order valence-corrected chi connectivity index (χ1v) is 6.52. The molecule has 0 aliphatic carbocycles. The van der Waals surface area contributed by atoms with Crippen molar-refractivity contribution < 1.29 is 14.6 Å². The van der Waals surface area contributed by atoms with Gasteiger partial charge >= 0.3 is 0 Å². The molecule has 1 aromatic rings. The van der Waals surface area contributed by atoms with Crippen LogP contribution in [0, 0.1) is 0 Å². The van der Waals surface area contributed by atoms with Crippen molar-refractivity contribution in [3.8, 4) is 0 Å². The smallest absolute Gasteiger partial charge is 0.252 e. The Morgan fingerprint density at radius 3 is 3.16 bits per heavy atom. The van der Waals surface area contributed by atoms with Gasteiger partial charge in [-0.3, -0.25) is 4.79 Å². The summed E-state index contributed by atoms with van der Waals surface area (Å²) in [5.74, 6) is -0.156. The molecule has 1 aliphatic heterocycles. The van der Waals surface area contributed by atoms with Crippen LogP contribution in [0.1, 0.15) is 22.3 Å². The Labute approximate surface area is 113 Å². The number of anilines is 1. The Morgan fingerprint density at radius 1 is 1.58 bits per heavy atom. The van der Waals surface area contributed by atoms with E-state index in [-0.39, 0.29) is 18.6 Å². The number of nitrogens with one attached hydrogen (secondary N) is 2. The van der Waals surface area contributed by atoms with Gasteiger partial charge in [0.1, 0.15) is 0 Å². The fourth-order valence-corrected chi connectivity index (χ4v) is 2.33. The lowest BCUT2D eigenvalue weighted by atomic mass is 9.97. The Morgan fingerprint density at radius 2 is 2.42 bits per heavy atom. The second-order valence-corrected chi connectivity index (χ2v) is 4.67. The van der Waals surface area contributed by atoms with Crippen molar-refractivity contribution in [3.05, 3.63) is 29.3 Å². The molecule has 0 fully saturated rings. The summed E-state index contributed by atoms with van der Waals surface area (Å²) < 4.78 is 4.96. The van der Waals surface area contributed by atoms with Crippen molar-refractivity contribution in [1.82, 2.24) is 5.32 Å². The van der Waals surface area contributed by atoms with Crippen LogP contribution in [0.4, 0.5) is 5.69 Å². The van der Waals surface area contributed by atoms with E-state index >= 15 is 0 Å². The number of aliphatic hydroxyl groups is 1. The second kappa shape index (κ2) is 6.54. The third kappa shape index (κ3) is 3.24. The van der Waals surface area contributed by atoms with Crippen LogP contribution >= 0.6 is 0 Å². The molecule has 2 rings (SSSR count). The van der Waals surface area contributed by atoms with Crippen LogP contribution in [0.5, 0.6) is 0 Å². The van der Waals surface area contributed by atoms with E-state index in [1.165, 1.54) is 0 Å². The average molecular weight is 264 g/mol. The van der Waals surface area contributed by atoms with Crippen LogP contribution in [0.25, 0.3) is 0 Å². The zero-order chi connectivity index (χ0) is 13.7. The van der Waals surface area contributed by atoms with Crippen LogP contribution in [0.15, 0.2) is 18.2 Å². The number of hydrogen-bond donors (Lipinski definition) is 3. The SMILES string of the molecule is COCC(CO)NC(=O)c1cccc2c1CCCN2. The van der Waals surface area contributed by atoms with Gasteiger partial charge in [-0.1, -0.05) is 6.07 Å². The van der Waals surface area contributed by atoms with E-state index in [0.717, 1.165) is 30.6 Å². The zero-order valence-electron chi connectivity index (χ0n) is 11.1. The highest BCUT2D eigenvalue weighted by atomic mass is 16.5. The maximum absolute atomic E-state index is 12.3. The minimum absolute atomic E-state index is 0.132. The lowest BCUT2D eigenvalue weighted by Crippen LogP contribution is -2.41. The average Bonchev–Trinajstić information content (AvgIpc) is 2.46. The predicted molar refractivity (Wildman–Crippen MR) is 73.5 cm³/mol. The van der Waals surface area contributed by atoms with Crippen molar-refractivity contribution in [2.24, 2.45) is 0 Å². The standard InChI is InChI=1S/C14H20N2O3/c1-19-9-10(8-17)16-14(18)12-4-2-6-13-11(12)5-3-7-15-13/h2,4,6,10,15,17H,3,5,7-9H2,1H3,(H,16,18). The van der Waals surface area contributed by atoms with E-state index in [0.29, 0.717) is 12.2 Å². The molecule has 1 aliphatic rings. The first kappa shape index (κ1) is 13.8. The van der Waals surface area contributed by atoms with Gasteiger partial charge < -0.3 is 20.5 Å². The summed E-state index contributed by atoms with van der Waals surface area (Å²) in [6.45, 7) is 1.11. The van der Waals surface area contributed by atoms with Crippen LogP contribution in [-0.4, -0.2) is 43.9 Å². The third-order valence-electron chi connectivity index (χ3n) is 3.26. The van der Waals surface area contributed by atoms with Crippen molar-refractivity contribution in [2.45, 2.75) is 18.9 Å². The van der Waals surface area contributed by atoms with Gasteiger partial charge in [-0.05, 0) is 30.5 Å². The van der Waals surface area contributed by atoms with Gasteiger partial charge in [-0.15, -0.1) is 0 Å². The van der Waals surface area contributed by atoms with Gasteiger partial charge in [0.05, 0.1) is 19.3 Å². The van der Waals surface area contributed by atoms with Crippen molar-refractivity contribution in [3.63, 3.8) is 0 Å². The molecule has 3 N–H and O–H groups in total. The maximum atomic E-state index is 12.3. The topological polar surface area (TPSA) is 70.6 Å². The van der Waals surface area contributed by atoms with E-state index in [2.05, 4.69) is 10.6 Å². The monoisotopic (exact) mass is 264 g/mol. The van der Waals surface area contributed by atoms with E-state index in [4.69, 9.17) is 4.74 Å². The number of rotatable bonds is 5. The van der Waals surface area contributed by atoms with Crippen LogP contribution in [-0.2, 0) is 11.2 Å². The number of amides is 1. The molecule has 0 aromatic heterocycles. The molecule has 0 saturated heterocycles. The second-order valence-electron chi connectivity index (χ2n) is 4.67. The summed E-state index contributed by atoms with van der Waals surface area (Å²) in [6, 6.07) is 5.31. The molecule has 5 heteroatoms. The molecule has 0 bridgehead atoms. The van der Waals surface area contributed by atoms with Gasteiger partial charge in [0.25, 0.3) is 5.91 Å². The molecular formula is C14H20N2O3. The quantitative estimate of drug-likeness (QED) is 0.735. The molecule has 1 aromatic carbocycles. The number of carbonyl (C=O) groups is 1. The summed E-state index contributed by atoms with van der Waals surface area (Å²) in [5.41, 5.74) is 2.77. The molecule has 5 nitrogen and oxygen atoms in total. The van der Waals surface area contributed by atoms with Gasteiger partial charge in [0, 0.05) is 24.9 Å². The lowest BCUT2D eigenvalue weighted by Gasteiger charge is -2.22. The highest BCUT2D eigenvalue weighted by Gasteiger charge is 2.19. The lowest BCUT2D eigenvalue weighted by molar-refractivity contribution is 0.0839. The maximum Gasteiger partial charge on any atom is 0.252 e. The number of carbonyl (C=O) groups excluding carboxylic acids is 1. The van der Waals surface area contributed by atoms with Crippen LogP contribution in [0.2, 0.25) is 0 Å². The van der Waals surface area contributed by atoms with E-state index in [1.54, 1.807) is 7.11 Å². The van der Waals surface area contributed by atoms with Crippen molar-refractivity contribution in [1.29, 1.82) is 0 Å². The summed E-state index contributed by atoms with van der Waals surface area (Å²) in [7, 11) is 1.54. The summed E-state index contributed by atoms with van der Waals surface area (Å²) >= 11 is 0. The number of hydrogen-bond acceptors (Lipinski definition) is 4. The highest BCUT2D eigenvalue weighted by Crippen LogP contribution is 2.25. The Bertz CT molecular complexity index is 448. The van der Waals surface area contributed by atoms with Gasteiger partial charge in [-0.25, -0.2) is 0 Å². The Hall–Kier alpha value is -1.59. The summed E-state index contributed by atoms with van der Waals surface area (Å²) in [4.78, 5) is 12.3. The Kier molecular flexibility index (Phi) is 4.76. The Balaban J connectivity index is 2.15. The van der Waals surface area contributed by atoms with Gasteiger partial charge in [-0.2, -0.15) is 0 Å². The zero-order valence-corrected chi connectivity index (χ0v) is 11.1. The molecule has 0 spiro atoms. The largest absolute Gasteiger partial charge is 0.394 e. The fourth-order valence-electron chi connectivity index (χ4n) is 2.33. The number of methoxy groups -OCH3 is 1. The minimum Gasteiger partial charge on any atom is -0.394 e. The third-order valence-corrected chi connectivity index (χ3v) is 3.26. The first-order valence-electron chi connectivity index (χ1n) is 6.52. The molecule has 0 radical (unpaired) electrons. The number of benzene rings is 1. The molecular weight excluding hydrogens is 244 g/mol. The molecule has 1 heterocycles. The molecule has 19 heavy (non-hydrogen) atoms. The molecule has 1 atom stereocenters. The van der Waals surface area contributed by atoms with E-state index in [9.17, 15) is 9.90 Å². The van der Waals surface area contributed by atoms with Crippen LogP contribution < -0.4 is 10.6 Å². The van der Waals surface area contributed by atoms with E-state index in [1.807, 2.05) is 18.2 Å².